The molecule has 0 radical (unpaired) electrons. The van der Waals surface area contributed by atoms with Gasteiger partial charge in [0, 0.05) is 31.2 Å². The Morgan fingerprint density at radius 1 is 1.00 bits per heavy atom. The molecule has 0 aromatic rings. The third-order valence-electron chi connectivity index (χ3n) is 4.19. The van der Waals surface area contributed by atoms with Crippen molar-refractivity contribution in [2.45, 2.75) is 56.7 Å². The van der Waals surface area contributed by atoms with Crippen LogP contribution < -0.4 is 5.73 Å². The molecule has 2 saturated carbocycles. The molecule has 0 aliphatic heterocycles. The Kier molecular flexibility index (Phi) is 4.22. The van der Waals surface area contributed by atoms with Gasteiger partial charge < -0.3 is 10.6 Å². The average Bonchev–Trinajstić information content (AvgIpc) is 3.10. The van der Waals surface area contributed by atoms with Gasteiger partial charge >= 0.3 is 0 Å². The van der Waals surface area contributed by atoms with Crippen molar-refractivity contribution in [3.05, 3.63) is 0 Å². The molecule has 3 heteroatoms. The van der Waals surface area contributed by atoms with Crippen molar-refractivity contribution in [3.63, 3.8) is 0 Å². The van der Waals surface area contributed by atoms with Crippen LogP contribution in [-0.2, 0) is 0 Å². The Hall–Kier alpha value is -0.120. The molecular weight excluding hydrogens is 198 g/mol. The summed E-state index contributed by atoms with van der Waals surface area (Å²) in [5.74, 6) is 0. The minimum atomic E-state index is 0.751. The first-order chi connectivity index (χ1) is 7.74. The molecule has 3 nitrogen and oxygen atoms in total. The summed E-state index contributed by atoms with van der Waals surface area (Å²) in [6.07, 6.45) is 8.35. The zero-order chi connectivity index (χ0) is 11.5. The van der Waals surface area contributed by atoms with Gasteiger partial charge in [-0.2, -0.15) is 0 Å². The maximum absolute atomic E-state index is 5.77. The van der Waals surface area contributed by atoms with Crippen LogP contribution in [0.25, 0.3) is 0 Å². The molecule has 2 atom stereocenters. The second kappa shape index (κ2) is 5.48. The second-order valence-electron chi connectivity index (χ2n) is 5.64. The predicted octanol–water partition coefficient (Wildman–Crippen LogP) is 1.28. The smallest absolute Gasteiger partial charge is 0.0254 e. The van der Waals surface area contributed by atoms with Crippen LogP contribution >= 0.6 is 0 Å². The third-order valence-corrected chi connectivity index (χ3v) is 4.19. The molecule has 0 aromatic carbocycles. The van der Waals surface area contributed by atoms with Gasteiger partial charge in [0.2, 0.25) is 0 Å². The van der Waals surface area contributed by atoms with E-state index in [4.69, 9.17) is 5.73 Å². The summed E-state index contributed by atoms with van der Waals surface area (Å²) in [7, 11) is 4.47. The topological polar surface area (TPSA) is 32.5 Å². The van der Waals surface area contributed by atoms with Gasteiger partial charge in [-0.15, -0.1) is 0 Å². The van der Waals surface area contributed by atoms with Gasteiger partial charge in [0.1, 0.15) is 0 Å². The van der Waals surface area contributed by atoms with E-state index in [0.717, 1.165) is 31.2 Å². The molecule has 0 unspecified atom stereocenters. The Morgan fingerprint density at radius 3 is 2.12 bits per heavy atom. The van der Waals surface area contributed by atoms with E-state index in [1.165, 1.54) is 38.5 Å². The fraction of sp³-hybridized carbons (Fsp3) is 1.00. The molecule has 2 aliphatic rings. The van der Waals surface area contributed by atoms with Crippen molar-refractivity contribution in [1.82, 2.24) is 9.80 Å². The first-order valence-electron chi connectivity index (χ1n) is 6.86. The number of hydrogen-bond acceptors (Lipinski definition) is 3. The van der Waals surface area contributed by atoms with E-state index in [1.807, 2.05) is 0 Å². The van der Waals surface area contributed by atoms with E-state index in [0.29, 0.717) is 0 Å². The molecule has 0 bridgehead atoms. The SMILES string of the molecule is CN(C)[C@@H]1CCCC[C@@H]1N(CCN)C1CC1. The van der Waals surface area contributed by atoms with Crippen LogP contribution in [0, 0.1) is 0 Å². The van der Waals surface area contributed by atoms with Gasteiger partial charge in [-0.25, -0.2) is 0 Å². The molecule has 0 amide bonds. The molecular formula is C13H27N3. The minimum Gasteiger partial charge on any atom is -0.329 e. The molecule has 2 rings (SSSR count). The summed E-state index contributed by atoms with van der Waals surface area (Å²) in [5.41, 5.74) is 5.77. The van der Waals surface area contributed by atoms with Crippen LogP contribution in [0.5, 0.6) is 0 Å². The molecule has 0 aromatic heterocycles. The lowest BCUT2D eigenvalue weighted by molar-refractivity contribution is 0.0700. The van der Waals surface area contributed by atoms with Crippen LogP contribution in [0.4, 0.5) is 0 Å². The van der Waals surface area contributed by atoms with Crippen LogP contribution in [0.3, 0.4) is 0 Å². The summed E-state index contributed by atoms with van der Waals surface area (Å²) < 4.78 is 0. The highest BCUT2D eigenvalue weighted by Gasteiger charge is 2.38. The van der Waals surface area contributed by atoms with Gasteiger partial charge in [0.25, 0.3) is 0 Å². The molecule has 2 fully saturated rings. The van der Waals surface area contributed by atoms with E-state index in [2.05, 4.69) is 23.9 Å². The van der Waals surface area contributed by atoms with Crippen LogP contribution in [0.1, 0.15) is 38.5 Å². The van der Waals surface area contributed by atoms with Crippen molar-refractivity contribution < 1.29 is 0 Å². The summed E-state index contributed by atoms with van der Waals surface area (Å²) >= 11 is 0. The lowest BCUT2D eigenvalue weighted by Gasteiger charge is -2.43. The quantitative estimate of drug-likeness (QED) is 0.765. The highest BCUT2D eigenvalue weighted by molar-refractivity contribution is 4.95. The van der Waals surface area contributed by atoms with Gasteiger partial charge in [-0.1, -0.05) is 12.8 Å². The lowest BCUT2D eigenvalue weighted by atomic mass is 9.88. The zero-order valence-corrected chi connectivity index (χ0v) is 10.9. The van der Waals surface area contributed by atoms with Gasteiger partial charge in [0.15, 0.2) is 0 Å². The highest BCUT2D eigenvalue weighted by Crippen LogP contribution is 2.34. The zero-order valence-electron chi connectivity index (χ0n) is 10.9. The monoisotopic (exact) mass is 225 g/mol. The maximum atomic E-state index is 5.77. The summed E-state index contributed by atoms with van der Waals surface area (Å²) in [5, 5.41) is 0. The summed E-state index contributed by atoms with van der Waals surface area (Å²) in [6.45, 7) is 1.91. The second-order valence-corrected chi connectivity index (χ2v) is 5.64. The first-order valence-corrected chi connectivity index (χ1v) is 6.86. The number of nitrogens with zero attached hydrogens (tertiary/aromatic N) is 2. The van der Waals surface area contributed by atoms with Crippen molar-refractivity contribution in [3.8, 4) is 0 Å². The van der Waals surface area contributed by atoms with E-state index in [-0.39, 0.29) is 0 Å². The Balaban J connectivity index is 2.01. The Labute approximate surface area is 100.0 Å². The van der Waals surface area contributed by atoms with Crippen LogP contribution in [-0.4, -0.2) is 55.1 Å². The van der Waals surface area contributed by atoms with Crippen LogP contribution in [0.15, 0.2) is 0 Å². The highest BCUT2D eigenvalue weighted by atomic mass is 15.3. The van der Waals surface area contributed by atoms with E-state index in [1.54, 1.807) is 0 Å². The van der Waals surface area contributed by atoms with E-state index < -0.39 is 0 Å². The molecule has 94 valence electrons. The summed E-state index contributed by atoms with van der Waals surface area (Å²) in [6, 6.07) is 2.37. The molecule has 2 N–H and O–H groups in total. The Bertz CT molecular complexity index is 213. The predicted molar refractivity (Wildman–Crippen MR) is 68.5 cm³/mol. The number of nitrogens with two attached hydrogens (primary N) is 1. The first kappa shape index (κ1) is 12.3. The number of hydrogen-bond donors (Lipinski definition) is 1. The van der Waals surface area contributed by atoms with Crippen molar-refractivity contribution >= 4 is 0 Å². The van der Waals surface area contributed by atoms with Crippen molar-refractivity contribution in [2.24, 2.45) is 5.73 Å². The van der Waals surface area contributed by atoms with Gasteiger partial charge in [-0.05, 0) is 39.8 Å². The van der Waals surface area contributed by atoms with E-state index >= 15 is 0 Å². The fourth-order valence-electron chi connectivity index (χ4n) is 3.26. The molecule has 0 heterocycles. The van der Waals surface area contributed by atoms with Gasteiger partial charge in [0.05, 0.1) is 0 Å². The minimum absolute atomic E-state index is 0.751. The molecule has 2 aliphatic carbocycles. The normalized spacial score (nSPS) is 31.3. The number of likely N-dealkylation sites (N-methyl/N-ethyl adjacent to an activating group) is 1. The molecule has 0 spiro atoms. The van der Waals surface area contributed by atoms with Crippen LogP contribution in [0.2, 0.25) is 0 Å². The lowest BCUT2D eigenvalue weighted by Crippen LogP contribution is -2.53. The summed E-state index contributed by atoms with van der Waals surface area (Å²) in [4.78, 5) is 5.14. The number of rotatable bonds is 5. The standard InChI is InChI=1S/C13H27N3/c1-15(2)12-5-3-4-6-13(12)16(10-9-14)11-7-8-11/h11-13H,3-10,14H2,1-2H3/t12-,13+/m1/s1. The Morgan fingerprint density at radius 2 is 1.62 bits per heavy atom. The fourth-order valence-corrected chi connectivity index (χ4v) is 3.26. The van der Waals surface area contributed by atoms with Gasteiger partial charge in [-0.3, -0.25) is 4.90 Å². The van der Waals surface area contributed by atoms with Crippen molar-refractivity contribution in [1.29, 1.82) is 0 Å². The van der Waals surface area contributed by atoms with Crippen molar-refractivity contribution in [2.75, 3.05) is 27.2 Å². The maximum Gasteiger partial charge on any atom is 0.0254 e. The third kappa shape index (κ3) is 2.76. The average molecular weight is 225 g/mol. The van der Waals surface area contributed by atoms with E-state index in [9.17, 15) is 0 Å². The molecule has 0 saturated heterocycles. The molecule has 16 heavy (non-hydrogen) atoms. The largest absolute Gasteiger partial charge is 0.329 e.